The smallest absolute Gasteiger partial charge is 0.251 e. The van der Waals surface area contributed by atoms with E-state index in [4.69, 9.17) is 15.9 Å². The van der Waals surface area contributed by atoms with Crippen molar-refractivity contribution < 1.29 is 35.4 Å². The lowest BCUT2D eigenvalue weighted by molar-refractivity contribution is -0.148. The molecule has 0 aromatic carbocycles. The summed E-state index contributed by atoms with van der Waals surface area (Å²) in [5, 5.41) is 58.3. The predicted molar refractivity (Wildman–Crippen MR) is 77.6 cm³/mol. The maximum Gasteiger partial charge on any atom is 0.251 e. The van der Waals surface area contributed by atoms with Gasteiger partial charge < -0.3 is 41.7 Å². The van der Waals surface area contributed by atoms with E-state index in [1.54, 1.807) is 13.8 Å². The van der Waals surface area contributed by atoms with Crippen molar-refractivity contribution in [2.75, 3.05) is 13.2 Å². The number of aliphatic hydroxyl groups excluding tert-OH is 6. The number of hydrogen-bond acceptors (Lipinski definition) is 8. The average Bonchev–Trinajstić information content (AvgIpc) is 2.46. The van der Waals surface area contributed by atoms with E-state index in [1.165, 1.54) is 0 Å². The molecule has 0 saturated heterocycles. The van der Waals surface area contributed by atoms with E-state index in [1.807, 2.05) is 0 Å². The minimum Gasteiger partial charge on any atom is -0.394 e. The third kappa shape index (κ3) is 6.97. The molecule has 0 rings (SSSR count). The largest absolute Gasteiger partial charge is 0.394 e. The number of carbonyl (C=O) groups excluding carboxylic acids is 1. The Hall–Kier alpha value is -0.810. The zero-order valence-corrected chi connectivity index (χ0v) is 12.9. The molecule has 0 spiro atoms. The number of nitrogens with one attached hydrogen (secondary N) is 1. The molecule has 0 radical (unpaired) electrons. The summed E-state index contributed by atoms with van der Waals surface area (Å²) in [5.74, 6) is -0.932. The summed E-state index contributed by atoms with van der Waals surface area (Å²) in [7, 11) is 0. The van der Waals surface area contributed by atoms with Crippen LogP contribution in [0.25, 0.3) is 0 Å². The Balaban J connectivity index is 4.16. The summed E-state index contributed by atoms with van der Waals surface area (Å²) < 4.78 is 0. The molecule has 5 atom stereocenters. The Morgan fingerprint density at radius 3 is 2.14 bits per heavy atom. The second kappa shape index (κ2) is 9.36. The van der Waals surface area contributed by atoms with E-state index >= 15 is 0 Å². The van der Waals surface area contributed by atoms with Gasteiger partial charge in [-0.15, -0.1) is 0 Å². The summed E-state index contributed by atoms with van der Waals surface area (Å²) in [4.78, 5) is 11.6. The molecule has 132 valence electrons. The summed E-state index contributed by atoms with van der Waals surface area (Å²) in [6.45, 7) is 2.65. The molecule has 1 unspecified atom stereocenters. The fourth-order valence-electron chi connectivity index (χ4n) is 1.66. The van der Waals surface area contributed by atoms with Crippen LogP contribution in [0, 0.1) is 0 Å². The van der Waals surface area contributed by atoms with Crippen molar-refractivity contribution in [3.05, 3.63) is 0 Å². The van der Waals surface area contributed by atoms with Gasteiger partial charge in [-0.2, -0.15) is 0 Å². The molecule has 0 aliphatic carbocycles. The predicted octanol–water partition coefficient (Wildman–Crippen LogP) is -3.58. The van der Waals surface area contributed by atoms with Crippen molar-refractivity contribution in [1.82, 2.24) is 5.32 Å². The van der Waals surface area contributed by atoms with Crippen LogP contribution in [-0.2, 0) is 4.79 Å². The van der Waals surface area contributed by atoms with E-state index in [-0.39, 0.29) is 6.54 Å². The minimum atomic E-state index is -1.95. The number of aliphatic hydroxyl groups is 6. The Labute approximate surface area is 129 Å². The normalized spacial score (nSPS) is 19.1. The van der Waals surface area contributed by atoms with Crippen LogP contribution in [0.4, 0.5) is 0 Å². The fraction of sp³-hybridized carbons (Fsp3) is 0.923. The Morgan fingerprint density at radius 1 is 1.14 bits per heavy atom. The quantitative estimate of drug-likeness (QED) is 0.190. The zero-order chi connectivity index (χ0) is 17.5. The molecule has 22 heavy (non-hydrogen) atoms. The molecule has 9 N–H and O–H groups in total. The number of amides is 1. The molecule has 0 aromatic rings. The van der Waals surface area contributed by atoms with Gasteiger partial charge in [-0.1, -0.05) is 0 Å². The molecule has 0 fully saturated rings. The number of rotatable bonds is 10. The van der Waals surface area contributed by atoms with Crippen LogP contribution in [-0.4, -0.2) is 85.8 Å². The molecule has 0 aliphatic heterocycles. The Kier molecular flexibility index (Phi) is 9.01. The van der Waals surface area contributed by atoms with Gasteiger partial charge in [0.05, 0.1) is 12.7 Å². The van der Waals surface area contributed by atoms with Gasteiger partial charge in [0.15, 0.2) is 6.10 Å². The highest BCUT2D eigenvalue weighted by Gasteiger charge is 2.34. The molecule has 0 aromatic heterocycles. The topological polar surface area (TPSA) is 176 Å². The first kappa shape index (κ1) is 21.2. The first-order valence-electron chi connectivity index (χ1n) is 7.10. The molecule has 9 heteroatoms. The lowest BCUT2D eigenvalue weighted by Gasteiger charge is -2.26. The Morgan fingerprint density at radius 2 is 1.68 bits per heavy atom. The van der Waals surface area contributed by atoms with Gasteiger partial charge in [-0.3, -0.25) is 4.79 Å². The standard InChI is InChI=1S/C13H28N2O7/c1-13(2,14)8(18)4-3-5-15-12(22)11(21)10(20)9(19)7(17)6-16/h7-11,16-21H,3-6,14H2,1-2H3,(H,15,22)/t7-,8?,9-,10+,11-/m1/s1. The van der Waals surface area contributed by atoms with Crippen LogP contribution >= 0.6 is 0 Å². The summed E-state index contributed by atoms with van der Waals surface area (Å²) in [6.07, 6.45) is -7.42. The highest BCUT2D eigenvalue weighted by Crippen LogP contribution is 2.10. The summed E-state index contributed by atoms with van der Waals surface area (Å²) >= 11 is 0. The van der Waals surface area contributed by atoms with Gasteiger partial charge in [-0.25, -0.2) is 0 Å². The van der Waals surface area contributed by atoms with Crippen LogP contribution in [0.2, 0.25) is 0 Å². The lowest BCUT2D eigenvalue weighted by atomic mass is 9.95. The van der Waals surface area contributed by atoms with Gasteiger partial charge in [0.25, 0.3) is 5.91 Å². The molecular weight excluding hydrogens is 296 g/mol. The molecular formula is C13H28N2O7. The molecule has 9 nitrogen and oxygen atoms in total. The van der Waals surface area contributed by atoms with E-state index in [0.29, 0.717) is 12.8 Å². The van der Waals surface area contributed by atoms with Crippen LogP contribution < -0.4 is 11.1 Å². The van der Waals surface area contributed by atoms with Crippen LogP contribution in [0.1, 0.15) is 26.7 Å². The van der Waals surface area contributed by atoms with Crippen molar-refractivity contribution in [1.29, 1.82) is 0 Å². The van der Waals surface area contributed by atoms with Gasteiger partial charge in [0, 0.05) is 12.1 Å². The van der Waals surface area contributed by atoms with E-state index in [2.05, 4.69) is 5.32 Å². The third-order valence-electron chi connectivity index (χ3n) is 3.34. The number of nitrogens with two attached hydrogens (primary N) is 1. The first-order valence-corrected chi connectivity index (χ1v) is 7.10. The van der Waals surface area contributed by atoms with Crippen molar-refractivity contribution in [3.8, 4) is 0 Å². The molecule has 0 aliphatic rings. The van der Waals surface area contributed by atoms with Crippen molar-refractivity contribution >= 4 is 5.91 Å². The molecule has 0 bridgehead atoms. The highest BCUT2D eigenvalue weighted by molar-refractivity contribution is 5.81. The SMILES string of the molecule is CC(C)(N)C(O)CCCNC(=O)[C@H](O)[C@@H](O)[C@H](O)[C@H](O)CO. The van der Waals surface area contributed by atoms with E-state index in [0.717, 1.165) is 0 Å². The van der Waals surface area contributed by atoms with Crippen LogP contribution in [0.15, 0.2) is 0 Å². The average molecular weight is 324 g/mol. The monoisotopic (exact) mass is 324 g/mol. The van der Waals surface area contributed by atoms with Gasteiger partial charge in [0.2, 0.25) is 0 Å². The number of hydrogen-bond donors (Lipinski definition) is 8. The van der Waals surface area contributed by atoms with E-state index in [9.17, 15) is 25.2 Å². The maximum absolute atomic E-state index is 11.6. The van der Waals surface area contributed by atoms with Crippen molar-refractivity contribution in [3.63, 3.8) is 0 Å². The molecule has 0 heterocycles. The second-order valence-corrected chi connectivity index (χ2v) is 5.95. The summed E-state index contributed by atoms with van der Waals surface area (Å²) in [6, 6.07) is 0. The third-order valence-corrected chi connectivity index (χ3v) is 3.34. The highest BCUT2D eigenvalue weighted by atomic mass is 16.4. The second-order valence-electron chi connectivity index (χ2n) is 5.95. The minimum absolute atomic E-state index is 0.133. The van der Waals surface area contributed by atoms with Crippen molar-refractivity contribution in [2.45, 2.75) is 62.7 Å². The van der Waals surface area contributed by atoms with Crippen molar-refractivity contribution in [2.24, 2.45) is 5.73 Å². The lowest BCUT2D eigenvalue weighted by Crippen LogP contribution is -2.51. The Bertz CT molecular complexity index is 335. The first-order chi connectivity index (χ1) is 10.0. The van der Waals surface area contributed by atoms with Crippen LogP contribution in [0.3, 0.4) is 0 Å². The molecule has 0 saturated carbocycles. The number of carbonyl (C=O) groups is 1. The van der Waals surface area contributed by atoms with Gasteiger partial charge >= 0.3 is 0 Å². The van der Waals surface area contributed by atoms with E-state index < -0.39 is 48.6 Å². The van der Waals surface area contributed by atoms with Gasteiger partial charge in [0.1, 0.15) is 18.3 Å². The fourth-order valence-corrected chi connectivity index (χ4v) is 1.66. The van der Waals surface area contributed by atoms with Crippen LogP contribution in [0.5, 0.6) is 0 Å². The zero-order valence-electron chi connectivity index (χ0n) is 12.9. The summed E-state index contributed by atoms with van der Waals surface area (Å²) in [5.41, 5.74) is 4.94. The molecule has 1 amide bonds. The van der Waals surface area contributed by atoms with Gasteiger partial charge in [-0.05, 0) is 26.7 Å². The maximum atomic E-state index is 11.6.